The molecule has 0 aromatic carbocycles. The highest BCUT2D eigenvalue weighted by Crippen LogP contribution is 2.34. The Labute approximate surface area is 148 Å². The number of halogens is 3. The lowest BCUT2D eigenvalue weighted by Crippen LogP contribution is -2.48. The van der Waals surface area contributed by atoms with E-state index in [1.54, 1.807) is 12.4 Å². The first-order chi connectivity index (χ1) is 12.2. The van der Waals surface area contributed by atoms with Gasteiger partial charge in [-0.3, -0.25) is 19.7 Å². The van der Waals surface area contributed by atoms with Crippen LogP contribution in [0.2, 0.25) is 0 Å². The van der Waals surface area contributed by atoms with Crippen LogP contribution in [0.15, 0.2) is 17.5 Å². The third-order valence-electron chi connectivity index (χ3n) is 4.36. The first-order valence-electron chi connectivity index (χ1n) is 8.35. The Kier molecular flexibility index (Phi) is 5.12. The second-order valence-electron chi connectivity index (χ2n) is 6.75. The molecule has 26 heavy (non-hydrogen) atoms. The fourth-order valence-corrected chi connectivity index (χ4v) is 3.29. The highest BCUT2D eigenvalue weighted by atomic mass is 19.4. The van der Waals surface area contributed by atoms with Gasteiger partial charge >= 0.3 is 6.18 Å². The van der Waals surface area contributed by atoms with E-state index in [1.807, 2.05) is 12.2 Å². The van der Waals surface area contributed by atoms with E-state index in [2.05, 4.69) is 20.0 Å². The molecule has 1 spiro atoms. The number of oxime groups is 1. The lowest BCUT2D eigenvalue weighted by molar-refractivity contribution is -0.134. The summed E-state index contributed by atoms with van der Waals surface area (Å²) in [6, 6.07) is 0. The first-order valence-corrected chi connectivity index (χ1v) is 8.35. The zero-order valence-electron chi connectivity index (χ0n) is 14.3. The number of carbonyl (C=O) groups is 1. The number of aromatic nitrogens is 2. The molecule has 0 unspecified atom stereocenters. The van der Waals surface area contributed by atoms with Crippen molar-refractivity contribution in [2.45, 2.75) is 44.5 Å². The van der Waals surface area contributed by atoms with Crippen molar-refractivity contribution in [3.8, 4) is 0 Å². The molecule has 3 heterocycles. The molecule has 1 fully saturated rings. The second kappa shape index (κ2) is 7.18. The first kappa shape index (κ1) is 18.6. The maximum absolute atomic E-state index is 12.2. The van der Waals surface area contributed by atoms with Crippen LogP contribution < -0.4 is 5.32 Å². The summed E-state index contributed by atoms with van der Waals surface area (Å²) in [6.07, 6.45) is 0.669. The molecule has 10 heteroatoms. The van der Waals surface area contributed by atoms with Crippen molar-refractivity contribution in [2.24, 2.45) is 5.16 Å². The quantitative estimate of drug-likeness (QED) is 0.869. The summed E-state index contributed by atoms with van der Waals surface area (Å²) < 4.78 is 36.7. The summed E-state index contributed by atoms with van der Waals surface area (Å²) >= 11 is 0. The molecule has 0 aliphatic carbocycles. The lowest BCUT2D eigenvalue weighted by atomic mass is 9.88. The van der Waals surface area contributed by atoms with E-state index in [9.17, 15) is 18.0 Å². The minimum atomic E-state index is -4.45. The molecule has 1 amide bonds. The summed E-state index contributed by atoms with van der Waals surface area (Å²) in [4.78, 5) is 28.1. The van der Waals surface area contributed by atoms with Crippen molar-refractivity contribution >= 4 is 11.6 Å². The van der Waals surface area contributed by atoms with Crippen LogP contribution in [0.3, 0.4) is 0 Å². The number of nitrogens with zero attached hydrogens (tertiary/aromatic N) is 4. The minimum Gasteiger partial charge on any atom is -0.387 e. The number of amides is 1. The zero-order chi connectivity index (χ0) is 18.8. The molecular weight excluding hydrogens is 351 g/mol. The van der Waals surface area contributed by atoms with E-state index in [0.29, 0.717) is 19.5 Å². The molecule has 0 radical (unpaired) electrons. The average molecular weight is 371 g/mol. The van der Waals surface area contributed by atoms with Crippen molar-refractivity contribution in [1.82, 2.24) is 20.2 Å². The maximum Gasteiger partial charge on any atom is 0.405 e. The third-order valence-corrected chi connectivity index (χ3v) is 4.36. The van der Waals surface area contributed by atoms with Crippen LogP contribution >= 0.6 is 0 Å². The Morgan fingerprint density at radius 1 is 1.42 bits per heavy atom. The normalized spacial score (nSPS) is 23.6. The van der Waals surface area contributed by atoms with E-state index in [-0.39, 0.29) is 12.1 Å². The van der Waals surface area contributed by atoms with E-state index in [1.165, 1.54) is 0 Å². The highest BCUT2D eigenvalue weighted by Gasteiger charge is 2.44. The molecule has 0 saturated carbocycles. The van der Waals surface area contributed by atoms with Crippen molar-refractivity contribution in [3.63, 3.8) is 0 Å². The average Bonchev–Trinajstić information content (AvgIpc) is 2.95. The number of hydrogen-bond acceptors (Lipinski definition) is 6. The molecule has 2 aliphatic rings. The van der Waals surface area contributed by atoms with Crippen LogP contribution in [-0.2, 0) is 16.2 Å². The van der Waals surface area contributed by atoms with Crippen LogP contribution in [0, 0.1) is 6.92 Å². The standard InChI is InChI=1S/C16H20F3N5O2/c1-11-6-20-7-12(22-11)8-24-4-2-3-15(10-24)5-13(23-26-15)14(25)21-9-16(17,18)19/h6-7H,2-5,8-10H2,1H3,(H,21,25)/t15-/m1/s1. The smallest absolute Gasteiger partial charge is 0.387 e. The van der Waals surface area contributed by atoms with Gasteiger partial charge in [-0.1, -0.05) is 5.16 Å². The van der Waals surface area contributed by atoms with E-state index in [4.69, 9.17) is 4.84 Å². The number of alkyl halides is 3. The van der Waals surface area contributed by atoms with Gasteiger partial charge in [-0.15, -0.1) is 0 Å². The molecule has 1 N–H and O–H groups in total. The summed E-state index contributed by atoms with van der Waals surface area (Å²) in [7, 11) is 0. The van der Waals surface area contributed by atoms with Gasteiger partial charge in [0.2, 0.25) is 0 Å². The molecule has 2 aliphatic heterocycles. The van der Waals surface area contributed by atoms with E-state index in [0.717, 1.165) is 24.4 Å². The predicted molar refractivity (Wildman–Crippen MR) is 86.2 cm³/mol. The zero-order valence-corrected chi connectivity index (χ0v) is 14.3. The Balaban J connectivity index is 1.57. The van der Waals surface area contributed by atoms with Gasteiger partial charge in [0.1, 0.15) is 12.3 Å². The largest absolute Gasteiger partial charge is 0.405 e. The number of likely N-dealkylation sites (tertiary alicyclic amines) is 1. The summed E-state index contributed by atoms with van der Waals surface area (Å²) in [5.41, 5.74) is 1.01. The number of aryl methyl sites for hydroxylation is 1. The van der Waals surface area contributed by atoms with Gasteiger partial charge in [-0.05, 0) is 26.3 Å². The van der Waals surface area contributed by atoms with Gasteiger partial charge < -0.3 is 10.2 Å². The fourth-order valence-electron chi connectivity index (χ4n) is 3.29. The molecule has 1 atom stereocenters. The molecule has 0 bridgehead atoms. The SMILES string of the molecule is Cc1cncc(CN2CCC[C@@]3(CC(C(=O)NCC(F)(F)F)=NO3)C2)n1. The van der Waals surface area contributed by atoms with E-state index >= 15 is 0 Å². The topological polar surface area (TPSA) is 79.7 Å². The van der Waals surface area contributed by atoms with Crippen LogP contribution in [0.5, 0.6) is 0 Å². The molecule has 142 valence electrons. The van der Waals surface area contributed by atoms with Gasteiger partial charge in [0.05, 0.1) is 11.4 Å². The highest BCUT2D eigenvalue weighted by molar-refractivity contribution is 6.39. The van der Waals surface area contributed by atoms with Crippen LogP contribution in [0.4, 0.5) is 13.2 Å². The van der Waals surface area contributed by atoms with Gasteiger partial charge in [0.15, 0.2) is 5.60 Å². The lowest BCUT2D eigenvalue weighted by Gasteiger charge is -2.38. The van der Waals surface area contributed by atoms with Crippen molar-refractivity contribution < 1.29 is 22.8 Å². The van der Waals surface area contributed by atoms with Gasteiger partial charge in [-0.2, -0.15) is 13.2 Å². The summed E-state index contributed by atoms with van der Waals surface area (Å²) in [5, 5.41) is 5.59. The summed E-state index contributed by atoms with van der Waals surface area (Å²) in [6.45, 7) is 2.46. The third kappa shape index (κ3) is 4.69. The Morgan fingerprint density at radius 2 is 2.23 bits per heavy atom. The number of hydrogen-bond donors (Lipinski definition) is 1. The van der Waals surface area contributed by atoms with Gasteiger partial charge in [0, 0.05) is 31.9 Å². The Hall–Kier alpha value is -2.23. The number of piperidine rings is 1. The number of carbonyl (C=O) groups excluding carboxylic acids is 1. The molecule has 1 aromatic heterocycles. The van der Waals surface area contributed by atoms with Crippen LogP contribution in [-0.4, -0.2) is 57.9 Å². The van der Waals surface area contributed by atoms with Crippen molar-refractivity contribution in [3.05, 3.63) is 23.8 Å². The van der Waals surface area contributed by atoms with Crippen molar-refractivity contribution in [2.75, 3.05) is 19.6 Å². The van der Waals surface area contributed by atoms with Gasteiger partial charge in [0.25, 0.3) is 5.91 Å². The Morgan fingerprint density at radius 3 is 2.96 bits per heavy atom. The number of nitrogens with one attached hydrogen (secondary N) is 1. The van der Waals surface area contributed by atoms with E-state index < -0.39 is 24.2 Å². The molecule has 7 nitrogen and oxygen atoms in total. The predicted octanol–water partition coefficient (Wildman–Crippen LogP) is 1.57. The molecule has 1 saturated heterocycles. The second-order valence-corrected chi connectivity index (χ2v) is 6.75. The van der Waals surface area contributed by atoms with Gasteiger partial charge in [-0.25, -0.2) is 0 Å². The molecule has 3 rings (SSSR count). The summed E-state index contributed by atoms with van der Waals surface area (Å²) in [5.74, 6) is -0.833. The Bertz CT molecular complexity index is 709. The van der Waals surface area contributed by atoms with Crippen LogP contribution in [0.1, 0.15) is 30.7 Å². The fraction of sp³-hybridized carbons (Fsp3) is 0.625. The maximum atomic E-state index is 12.2. The van der Waals surface area contributed by atoms with Crippen molar-refractivity contribution in [1.29, 1.82) is 0 Å². The number of rotatable bonds is 4. The monoisotopic (exact) mass is 371 g/mol. The molecular formula is C16H20F3N5O2. The minimum absolute atomic E-state index is 0.00597. The van der Waals surface area contributed by atoms with Crippen LogP contribution in [0.25, 0.3) is 0 Å². The molecule has 1 aromatic rings.